The molecule has 1 amide bonds. The second-order valence-corrected chi connectivity index (χ2v) is 17.5. The third kappa shape index (κ3) is 38.8. The molecule has 0 saturated carbocycles. The first-order chi connectivity index (χ1) is 25.5. The molecule has 0 aliphatic carbocycles. The van der Waals surface area contributed by atoms with Gasteiger partial charge in [-0.25, -0.2) is 0 Å². The molecule has 9 heteroatoms. The smallest absolute Gasteiger partial charge is 0.268 e. The van der Waals surface area contributed by atoms with Crippen LogP contribution in [-0.4, -0.2) is 68.5 Å². The lowest BCUT2D eigenvalue weighted by Crippen LogP contribution is -2.45. The number of nitrogens with one attached hydrogen (secondary N) is 1. The summed E-state index contributed by atoms with van der Waals surface area (Å²) in [7, 11) is 1.26. The van der Waals surface area contributed by atoms with Crippen LogP contribution in [0.4, 0.5) is 0 Å². The minimum absolute atomic E-state index is 0.00198. The van der Waals surface area contributed by atoms with Crippen LogP contribution < -0.4 is 10.2 Å². The molecule has 3 unspecified atom stereocenters. The van der Waals surface area contributed by atoms with Gasteiger partial charge in [0.25, 0.3) is 7.82 Å². The molecular weight excluding hydrogens is 683 g/mol. The van der Waals surface area contributed by atoms with Crippen molar-refractivity contribution >= 4 is 13.7 Å². The van der Waals surface area contributed by atoms with Gasteiger partial charge in [-0.15, -0.1) is 0 Å². The van der Waals surface area contributed by atoms with Crippen LogP contribution in [0.3, 0.4) is 0 Å². The summed E-state index contributed by atoms with van der Waals surface area (Å²) in [5, 5.41) is 13.7. The Kier molecular flexibility index (Phi) is 35.5. The van der Waals surface area contributed by atoms with Gasteiger partial charge in [0.05, 0.1) is 39.9 Å². The number of aliphatic hydroxyl groups excluding tert-OH is 1. The SMILES string of the molecule is CCCCC/C=C\C=C/CCCCCCCCCCCCC(=O)NC(COP(=O)([O-])OCC[N+](C)(C)C)C(O)/C=C/CCCCCCCCCCCC. The summed E-state index contributed by atoms with van der Waals surface area (Å²) < 4.78 is 23.2. The van der Waals surface area contributed by atoms with Gasteiger partial charge >= 0.3 is 0 Å². The zero-order chi connectivity index (χ0) is 39.3. The number of quaternary nitrogens is 1. The molecule has 3 atom stereocenters. The Balaban J connectivity index is 4.39. The molecule has 0 heterocycles. The lowest BCUT2D eigenvalue weighted by molar-refractivity contribution is -0.870. The van der Waals surface area contributed by atoms with Crippen LogP contribution in [0.1, 0.15) is 187 Å². The van der Waals surface area contributed by atoms with E-state index >= 15 is 0 Å². The highest BCUT2D eigenvalue weighted by atomic mass is 31.2. The first kappa shape index (κ1) is 51.7. The second-order valence-electron chi connectivity index (χ2n) is 16.1. The van der Waals surface area contributed by atoms with Gasteiger partial charge in [0.15, 0.2) is 0 Å². The van der Waals surface area contributed by atoms with Crippen LogP contribution in [0.25, 0.3) is 0 Å². The average molecular weight is 769 g/mol. The fourth-order valence-electron chi connectivity index (χ4n) is 6.08. The molecule has 0 radical (unpaired) electrons. The largest absolute Gasteiger partial charge is 0.756 e. The van der Waals surface area contributed by atoms with Gasteiger partial charge in [0.2, 0.25) is 5.91 Å². The number of carbonyl (C=O) groups excluding carboxylic acids is 1. The summed E-state index contributed by atoms with van der Waals surface area (Å²) >= 11 is 0. The molecule has 0 aliphatic rings. The Morgan fingerprint density at radius 2 is 1.08 bits per heavy atom. The predicted octanol–water partition coefficient (Wildman–Crippen LogP) is 11.3. The lowest BCUT2D eigenvalue weighted by atomic mass is 10.0. The van der Waals surface area contributed by atoms with Gasteiger partial charge in [-0.3, -0.25) is 9.36 Å². The van der Waals surface area contributed by atoms with Crippen molar-refractivity contribution in [2.24, 2.45) is 0 Å². The molecule has 0 spiro atoms. The molecule has 0 aromatic rings. The van der Waals surface area contributed by atoms with Crippen LogP contribution >= 0.6 is 7.82 Å². The number of allylic oxidation sites excluding steroid dienone is 5. The predicted molar refractivity (Wildman–Crippen MR) is 224 cm³/mol. The highest BCUT2D eigenvalue weighted by molar-refractivity contribution is 7.45. The monoisotopic (exact) mass is 769 g/mol. The Labute approximate surface area is 327 Å². The van der Waals surface area contributed by atoms with Crippen molar-refractivity contribution in [3.05, 3.63) is 36.5 Å². The molecule has 2 N–H and O–H groups in total. The molecule has 53 heavy (non-hydrogen) atoms. The van der Waals surface area contributed by atoms with E-state index in [1.165, 1.54) is 128 Å². The molecule has 0 aromatic heterocycles. The van der Waals surface area contributed by atoms with E-state index in [0.29, 0.717) is 17.4 Å². The summed E-state index contributed by atoms with van der Waals surface area (Å²) in [4.78, 5) is 25.3. The molecule has 312 valence electrons. The van der Waals surface area contributed by atoms with Crippen LogP contribution in [0.15, 0.2) is 36.5 Å². The third-order valence-electron chi connectivity index (χ3n) is 9.62. The summed E-state index contributed by atoms with van der Waals surface area (Å²) in [6, 6.07) is -0.885. The normalized spacial score (nSPS) is 14.8. The molecule has 0 saturated heterocycles. The molecule has 0 aromatic carbocycles. The summed E-state index contributed by atoms with van der Waals surface area (Å²) in [6.45, 7) is 4.60. The van der Waals surface area contributed by atoms with E-state index in [4.69, 9.17) is 9.05 Å². The van der Waals surface area contributed by atoms with Gasteiger partial charge in [-0.1, -0.05) is 172 Å². The molecule has 0 bridgehead atoms. The number of amides is 1. The minimum atomic E-state index is -4.58. The van der Waals surface area contributed by atoms with Crippen LogP contribution in [0.2, 0.25) is 0 Å². The second kappa shape index (κ2) is 36.4. The maximum absolute atomic E-state index is 12.8. The Morgan fingerprint density at radius 1 is 0.660 bits per heavy atom. The maximum Gasteiger partial charge on any atom is 0.268 e. The first-order valence-electron chi connectivity index (χ1n) is 21.9. The number of phosphoric acid groups is 1. The number of likely N-dealkylation sites (N-methyl/N-ethyl adjacent to an activating group) is 1. The fourth-order valence-corrected chi connectivity index (χ4v) is 6.81. The number of hydrogen-bond donors (Lipinski definition) is 2. The van der Waals surface area contributed by atoms with E-state index in [1.807, 2.05) is 27.2 Å². The van der Waals surface area contributed by atoms with E-state index in [0.717, 1.165) is 38.5 Å². The summed E-state index contributed by atoms with van der Waals surface area (Å²) in [6.07, 6.45) is 43.2. The van der Waals surface area contributed by atoms with E-state index in [1.54, 1.807) is 6.08 Å². The molecular formula is C44H85N2O6P. The Morgan fingerprint density at radius 3 is 1.57 bits per heavy atom. The molecule has 0 fully saturated rings. The molecule has 0 rings (SSSR count). The zero-order valence-electron chi connectivity index (χ0n) is 35.2. The van der Waals surface area contributed by atoms with Crippen LogP contribution in [-0.2, 0) is 18.4 Å². The first-order valence-corrected chi connectivity index (χ1v) is 23.3. The zero-order valence-corrected chi connectivity index (χ0v) is 36.1. The lowest BCUT2D eigenvalue weighted by Gasteiger charge is -2.29. The number of rotatable bonds is 39. The van der Waals surface area contributed by atoms with Gasteiger partial charge in [0.1, 0.15) is 13.2 Å². The van der Waals surface area contributed by atoms with Crippen LogP contribution in [0.5, 0.6) is 0 Å². The highest BCUT2D eigenvalue weighted by Gasteiger charge is 2.23. The topological polar surface area (TPSA) is 108 Å². The maximum atomic E-state index is 12.8. The number of aliphatic hydroxyl groups is 1. The molecule has 0 aliphatic heterocycles. The van der Waals surface area contributed by atoms with Crippen LogP contribution in [0, 0.1) is 0 Å². The number of carbonyl (C=O) groups is 1. The van der Waals surface area contributed by atoms with Gasteiger partial charge in [-0.05, 0) is 44.9 Å². The van der Waals surface area contributed by atoms with Crippen molar-refractivity contribution in [3.63, 3.8) is 0 Å². The number of hydrogen-bond acceptors (Lipinski definition) is 6. The Bertz CT molecular complexity index is 964. The quantitative estimate of drug-likeness (QED) is 0.0212. The number of nitrogens with zero attached hydrogens (tertiary/aromatic N) is 1. The minimum Gasteiger partial charge on any atom is -0.756 e. The number of phosphoric ester groups is 1. The standard InChI is InChI=1S/C44H85N2O6P/c1-6-8-10-12-14-16-18-20-21-22-23-24-25-26-28-30-32-34-36-38-44(48)45-42(41-52-53(49,50)51-40-39-46(3,4)5)43(47)37-35-33-31-29-27-19-17-15-13-11-9-7-2/h14,16,18,20,35,37,42-43,47H,6-13,15,17,19,21-34,36,38-41H2,1-5H3,(H-,45,48,49,50)/b16-14-,20-18-,37-35+. The molecule has 8 nitrogen and oxygen atoms in total. The van der Waals surface area contributed by atoms with Crippen molar-refractivity contribution in [1.29, 1.82) is 0 Å². The van der Waals surface area contributed by atoms with E-state index in [-0.39, 0.29) is 19.1 Å². The van der Waals surface area contributed by atoms with Crippen molar-refractivity contribution in [1.82, 2.24) is 5.32 Å². The van der Waals surface area contributed by atoms with Gasteiger partial charge < -0.3 is 28.8 Å². The van der Waals surface area contributed by atoms with Crippen molar-refractivity contribution < 1.29 is 32.9 Å². The van der Waals surface area contributed by atoms with E-state index in [9.17, 15) is 19.4 Å². The van der Waals surface area contributed by atoms with E-state index < -0.39 is 20.0 Å². The summed E-state index contributed by atoms with van der Waals surface area (Å²) in [5.41, 5.74) is 0. The van der Waals surface area contributed by atoms with Crippen molar-refractivity contribution in [2.75, 3.05) is 40.9 Å². The Hall–Kier alpha value is -1.28. The van der Waals surface area contributed by atoms with Gasteiger partial charge in [0, 0.05) is 6.42 Å². The summed E-state index contributed by atoms with van der Waals surface area (Å²) in [5.74, 6) is -0.203. The van der Waals surface area contributed by atoms with Crippen molar-refractivity contribution in [3.8, 4) is 0 Å². The average Bonchev–Trinajstić information content (AvgIpc) is 3.10. The van der Waals surface area contributed by atoms with Crippen molar-refractivity contribution in [2.45, 2.75) is 199 Å². The van der Waals surface area contributed by atoms with E-state index in [2.05, 4.69) is 43.5 Å². The fraction of sp³-hybridized carbons (Fsp3) is 0.841. The number of unbranched alkanes of at least 4 members (excludes halogenated alkanes) is 23. The highest BCUT2D eigenvalue weighted by Crippen LogP contribution is 2.38. The third-order valence-corrected chi connectivity index (χ3v) is 10.6. The van der Waals surface area contributed by atoms with Gasteiger partial charge in [-0.2, -0.15) is 0 Å².